The third-order valence-corrected chi connectivity index (χ3v) is 2.60. The molecule has 0 aliphatic carbocycles. The van der Waals surface area contributed by atoms with Crippen molar-refractivity contribution in [3.05, 3.63) is 47.5 Å². The average molecular weight is 230 g/mol. The van der Waals surface area contributed by atoms with Crippen molar-refractivity contribution in [1.82, 2.24) is 0 Å². The molecule has 0 spiro atoms. The van der Waals surface area contributed by atoms with Crippen molar-refractivity contribution in [3.63, 3.8) is 0 Å². The van der Waals surface area contributed by atoms with Crippen LogP contribution < -0.4 is 0 Å². The van der Waals surface area contributed by atoms with Gasteiger partial charge in [0.25, 0.3) is 0 Å². The average Bonchev–Trinajstić information content (AvgIpc) is 2.28. The number of benzene rings is 2. The predicted octanol–water partition coefficient (Wildman–Crippen LogP) is 2.17. The Morgan fingerprint density at radius 1 is 1.00 bits per heavy atom. The highest BCUT2D eigenvalue weighted by atomic mass is 16.4. The van der Waals surface area contributed by atoms with Gasteiger partial charge in [-0.3, -0.25) is 4.79 Å². The first-order chi connectivity index (χ1) is 8.09. The molecule has 0 amide bonds. The van der Waals surface area contributed by atoms with Crippen LogP contribution in [-0.2, 0) is 11.2 Å². The topological polar surface area (TPSA) is 74.6 Å². The van der Waals surface area contributed by atoms with E-state index in [4.69, 9.17) is 10.2 Å². The van der Waals surface area contributed by atoms with Crippen molar-refractivity contribution in [3.8, 4) is 0 Å². The molecule has 0 bridgehead atoms. The van der Waals surface area contributed by atoms with Crippen molar-refractivity contribution < 1.29 is 19.8 Å². The lowest BCUT2D eigenvalue weighted by Gasteiger charge is -2.08. The Bertz CT molecular complexity index is 601. The van der Waals surface area contributed by atoms with Crippen molar-refractivity contribution >= 4 is 22.7 Å². The summed E-state index contributed by atoms with van der Waals surface area (Å²) < 4.78 is 0. The highest BCUT2D eigenvalue weighted by Crippen LogP contribution is 2.23. The third-order valence-electron chi connectivity index (χ3n) is 2.60. The van der Waals surface area contributed by atoms with Crippen LogP contribution in [0.2, 0.25) is 0 Å². The SMILES string of the molecule is O=C(O)Cc1c(C(=O)O)ccc2ccccc12. The number of aliphatic carboxylic acids is 1. The molecule has 2 aromatic rings. The first-order valence-corrected chi connectivity index (χ1v) is 5.05. The number of hydrogen-bond donors (Lipinski definition) is 2. The molecule has 86 valence electrons. The van der Waals surface area contributed by atoms with Gasteiger partial charge in [-0.2, -0.15) is 0 Å². The maximum Gasteiger partial charge on any atom is 0.336 e. The standard InChI is InChI=1S/C13H10O4/c14-12(15)7-11-9-4-2-1-3-8(9)5-6-10(11)13(16)17/h1-6H,7H2,(H,14,15)(H,16,17). The second-order valence-electron chi connectivity index (χ2n) is 3.69. The Morgan fingerprint density at radius 3 is 2.35 bits per heavy atom. The molecule has 0 radical (unpaired) electrons. The largest absolute Gasteiger partial charge is 0.481 e. The van der Waals surface area contributed by atoms with Crippen LogP contribution >= 0.6 is 0 Å². The van der Waals surface area contributed by atoms with E-state index < -0.39 is 11.9 Å². The first kappa shape index (κ1) is 11.1. The zero-order valence-electron chi connectivity index (χ0n) is 8.88. The Labute approximate surface area is 97.1 Å². The lowest BCUT2D eigenvalue weighted by atomic mass is 9.96. The van der Waals surface area contributed by atoms with E-state index in [1.165, 1.54) is 6.07 Å². The molecule has 0 heterocycles. The lowest BCUT2D eigenvalue weighted by molar-refractivity contribution is -0.136. The maximum atomic E-state index is 11.1. The van der Waals surface area contributed by atoms with Crippen LogP contribution in [0.25, 0.3) is 10.8 Å². The minimum Gasteiger partial charge on any atom is -0.481 e. The highest BCUT2D eigenvalue weighted by molar-refractivity contribution is 5.99. The quantitative estimate of drug-likeness (QED) is 0.847. The van der Waals surface area contributed by atoms with Gasteiger partial charge in [-0.05, 0) is 22.4 Å². The third kappa shape index (κ3) is 2.10. The number of aromatic carboxylic acids is 1. The van der Waals surface area contributed by atoms with Gasteiger partial charge in [0.15, 0.2) is 0 Å². The minimum absolute atomic E-state index is 0.0473. The molecular weight excluding hydrogens is 220 g/mol. The molecule has 17 heavy (non-hydrogen) atoms. The zero-order chi connectivity index (χ0) is 12.4. The summed E-state index contributed by atoms with van der Waals surface area (Å²) in [5, 5.41) is 19.4. The van der Waals surface area contributed by atoms with Crippen molar-refractivity contribution in [2.75, 3.05) is 0 Å². The summed E-state index contributed by atoms with van der Waals surface area (Å²) >= 11 is 0. The van der Waals surface area contributed by atoms with Crippen LogP contribution in [-0.4, -0.2) is 22.2 Å². The normalized spacial score (nSPS) is 10.4. The van der Waals surface area contributed by atoms with Crippen molar-refractivity contribution in [2.45, 2.75) is 6.42 Å². The molecule has 0 saturated heterocycles. The van der Waals surface area contributed by atoms with E-state index in [1.54, 1.807) is 18.2 Å². The van der Waals surface area contributed by atoms with E-state index in [2.05, 4.69) is 0 Å². The van der Waals surface area contributed by atoms with Crippen molar-refractivity contribution in [2.24, 2.45) is 0 Å². The van der Waals surface area contributed by atoms with Crippen LogP contribution in [0.5, 0.6) is 0 Å². The number of fused-ring (bicyclic) bond motifs is 1. The Kier molecular flexibility index (Phi) is 2.78. The van der Waals surface area contributed by atoms with Gasteiger partial charge >= 0.3 is 11.9 Å². The number of hydrogen-bond acceptors (Lipinski definition) is 2. The highest BCUT2D eigenvalue weighted by Gasteiger charge is 2.15. The Balaban J connectivity index is 2.74. The molecule has 4 heteroatoms. The number of carboxylic acid groups (broad SMARTS) is 2. The summed E-state index contributed by atoms with van der Waals surface area (Å²) in [7, 11) is 0. The maximum absolute atomic E-state index is 11.1. The molecule has 0 aromatic heterocycles. The van der Waals surface area contributed by atoms with Gasteiger partial charge in [-0.1, -0.05) is 30.3 Å². The van der Waals surface area contributed by atoms with Gasteiger partial charge in [0.05, 0.1) is 12.0 Å². The smallest absolute Gasteiger partial charge is 0.336 e. The molecule has 2 N–H and O–H groups in total. The van der Waals surface area contributed by atoms with Gasteiger partial charge in [-0.25, -0.2) is 4.79 Å². The van der Waals surface area contributed by atoms with E-state index >= 15 is 0 Å². The van der Waals surface area contributed by atoms with Crippen LogP contribution in [0, 0.1) is 0 Å². The Hall–Kier alpha value is -2.36. The predicted molar refractivity (Wildman–Crippen MR) is 62.2 cm³/mol. The summed E-state index contributed by atoms with van der Waals surface area (Å²) in [6, 6.07) is 10.3. The molecule has 0 unspecified atom stereocenters. The molecule has 2 aromatic carbocycles. The van der Waals surface area contributed by atoms with Gasteiger partial charge in [0.2, 0.25) is 0 Å². The minimum atomic E-state index is -1.10. The Morgan fingerprint density at radius 2 is 1.71 bits per heavy atom. The lowest BCUT2D eigenvalue weighted by Crippen LogP contribution is -2.08. The molecule has 0 fully saturated rings. The van der Waals surface area contributed by atoms with Crippen LogP contribution in [0.3, 0.4) is 0 Å². The number of carbonyl (C=O) groups is 2. The van der Waals surface area contributed by atoms with E-state index in [0.717, 1.165) is 5.39 Å². The fourth-order valence-corrected chi connectivity index (χ4v) is 1.88. The van der Waals surface area contributed by atoms with Gasteiger partial charge in [-0.15, -0.1) is 0 Å². The zero-order valence-corrected chi connectivity index (χ0v) is 8.88. The number of rotatable bonds is 3. The van der Waals surface area contributed by atoms with E-state index in [9.17, 15) is 9.59 Å². The van der Waals surface area contributed by atoms with Crippen LogP contribution in [0.1, 0.15) is 15.9 Å². The second kappa shape index (κ2) is 4.25. The first-order valence-electron chi connectivity index (χ1n) is 5.05. The molecular formula is C13H10O4. The van der Waals surface area contributed by atoms with Crippen LogP contribution in [0.4, 0.5) is 0 Å². The molecule has 0 aliphatic rings. The van der Waals surface area contributed by atoms with Gasteiger partial charge in [0.1, 0.15) is 0 Å². The second-order valence-corrected chi connectivity index (χ2v) is 3.69. The van der Waals surface area contributed by atoms with Crippen LogP contribution in [0.15, 0.2) is 36.4 Å². The van der Waals surface area contributed by atoms with E-state index in [1.807, 2.05) is 12.1 Å². The van der Waals surface area contributed by atoms with Gasteiger partial charge in [0, 0.05) is 0 Å². The summed E-state index contributed by atoms with van der Waals surface area (Å²) in [5.41, 5.74) is 0.397. The van der Waals surface area contributed by atoms with Crippen molar-refractivity contribution in [1.29, 1.82) is 0 Å². The molecule has 0 atom stereocenters. The van der Waals surface area contributed by atoms with E-state index in [0.29, 0.717) is 10.9 Å². The molecule has 2 rings (SSSR count). The summed E-state index contributed by atoms with van der Waals surface area (Å²) in [6.07, 6.45) is -0.289. The monoisotopic (exact) mass is 230 g/mol. The van der Waals surface area contributed by atoms with E-state index in [-0.39, 0.29) is 12.0 Å². The summed E-state index contributed by atoms with van der Waals surface area (Å²) in [6.45, 7) is 0. The molecule has 0 saturated carbocycles. The molecule has 0 aliphatic heterocycles. The summed E-state index contributed by atoms with van der Waals surface area (Å²) in [5.74, 6) is -2.14. The fourth-order valence-electron chi connectivity index (χ4n) is 1.88. The summed E-state index contributed by atoms with van der Waals surface area (Å²) in [4.78, 5) is 21.8. The van der Waals surface area contributed by atoms with Gasteiger partial charge < -0.3 is 10.2 Å². The fraction of sp³-hybridized carbons (Fsp3) is 0.0769. The number of carboxylic acids is 2. The molecule has 4 nitrogen and oxygen atoms in total.